The van der Waals surface area contributed by atoms with Crippen molar-refractivity contribution in [2.75, 3.05) is 7.05 Å². The molecule has 150 valence electrons. The van der Waals surface area contributed by atoms with E-state index >= 15 is 0 Å². The number of hydrogen-bond acceptors (Lipinski definition) is 2. The summed E-state index contributed by atoms with van der Waals surface area (Å²) in [5.41, 5.74) is -0.739. The quantitative estimate of drug-likeness (QED) is 0.385. The van der Waals surface area contributed by atoms with Crippen LogP contribution in [-0.4, -0.2) is 28.8 Å². The first kappa shape index (κ1) is 23.0. The van der Waals surface area contributed by atoms with Gasteiger partial charge in [0.05, 0.1) is 0 Å². The van der Waals surface area contributed by atoms with Crippen LogP contribution in [0.1, 0.15) is 50.8 Å². The summed E-state index contributed by atoms with van der Waals surface area (Å²) in [6.07, 6.45) is 1.40. The molecule has 1 aliphatic carbocycles. The minimum atomic E-state index is -4.45. The molecular weight excluding hydrogens is 458 g/mol. The minimum Gasteiger partial charge on any atom is -0.354 e. The molecule has 2 rings (SSSR count). The third-order valence-electron chi connectivity index (χ3n) is 4.90. The van der Waals surface area contributed by atoms with E-state index in [0.717, 1.165) is 18.8 Å². The highest BCUT2D eigenvalue weighted by Crippen LogP contribution is 2.31. The first-order valence-corrected chi connectivity index (χ1v) is 8.77. The number of alkyl halides is 3. The van der Waals surface area contributed by atoms with Gasteiger partial charge in [0.25, 0.3) is 0 Å². The fourth-order valence-corrected chi connectivity index (χ4v) is 3.40. The molecule has 0 atom stereocenters. The van der Waals surface area contributed by atoms with Crippen LogP contribution in [0, 0.1) is 11.8 Å². The van der Waals surface area contributed by atoms with Crippen molar-refractivity contribution in [1.82, 2.24) is 20.4 Å². The number of aryl methyl sites for hydroxylation is 1. The van der Waals surface area contributed by atoms with E-state index in [0.29, 0.717) is 17.9 Å². The largest absolute Gasteiger partial charge is 0.435 e. The summed E-state index contributed by atoms with van der Waals surface area (Å²) < 4.78 is 40.2. The van der Waals surface area contributed by atoms with Gasteiger partial charge in [0.15, 0.2) is 11.7 Å². The minimum absolute atomic E-state index is 0. The van der Waals surface area contributed by atoms with Crippen molar-refractivity contribution in [3.05, 3.63) is 17.5 Å². The van der Waals surface area contributed by atoms with E-state index in [2.05, 4.69) is 34.6 Å². The summed E-state index contributed by atoms with van der Waals surface area (Å²) in [7, 11) is 3.11. The number of guanidine groups is 1. The van der Waals surface area contributed by atoms with Crippen LogP contribution in [0.25, 0.3) is 0 Å². The summed E-state index contributed by atoms with van der Waals surface area (Å²) in [6.45, 7) is 4.54. The van der Waals surface area contributed by atoms with Gasteiger partial charge in [-0.05, 0) is 37.5 Å². The van der Waals surface area contributed by atoms with Crippen LogP contribution in [0.3, 0.4) is 0 Å². The van der Waals surface area contributed by atoms with Gasteiger partial charge in [-0.15, -0.1) is 24.0 Å². The highest BCUT2D eigenvalue weighted by Gasteiger charge is 2.36. The molecule has 5 nitrogen and oxygen atoms in total. The third kappa shape index (κ3) is 6.31. The van der Waals surface area contributed by atoms with Crippen LogP contribution in [-0.2, 0) is 19.8 Å². The molecule has 0 unspecified atom stereocenters. The van der Waals surface area contributed by atoms with Crippen molar-refractivity contribution in [3.8, 4) is 0 Å². The molecule has 1 aromatic rings. The molecule has 1 fully saturated rings. The number of aromatic nitrogens is 2. The van der Waals surface area contributed by atoms with Gasteiger partial charge in [0.1, 0.15) is 0 Å². The Morgan fingerprint density at radius 1 is 1.31 bits per heavy atom. The van der Waals surface area contributed by atoms with Gasteiger partial charge in [0.2, 0.25) is 0 Å². The van der Waals surface area contributed by atoms with Crippen molar-refractivity contribution in [2.45, 2.75) is 58.3 Å². The van der Waals surface area contributed by atoms with Crippen LogP contribution in [0.4, 0.5) is 13.2 Å². The molecule has 0 aromatic carbocycles. The van der Waals surface area contributed by atoms with Gasteiger partial charge in [0, 0.05) is 38.4 Å². The lowest BCUT2D eigenvalue weighted by Crippen LogP contribution is -2.44. The Morgan fingerprint density at radius 2 is 1.92 bits per heavy atom. The van der Waals surface area contributed by atoms with Gasteiger partial charge >= 0.3 is 6.18 Å². The molecule has 0 radical (unpaired) electrons. The number of halogens is 4. The SMILES string of the molecule is CN=C(NCc1cn(C)nc1C(F)(F)F)NC1CCC(C(C)C)CC1.I. The van der Waals surface area contributed by atoms with Gasteiger partial charge in [-0.2, -0.15) is 18.3 Å². The standard InChI is InChI=1S/C17H28F3N5.HI/c1-11(2)12-5-7-14(8-6-12)23-16(21-3)22-9-13-10-25(4)24-15(13)17(18,19)20;/h10-12,14H,5-9H2,1-4H3,(H2,21,22,23);1H. The Hall–Kier alpha value is -1.00. The van der Waals surface area contributed by atoms with Crippen molar-refractivity contribution < 1.29 is 13.2 Å². The summed E-state index contributed by atoms with van der Waals surface area (Å²) >= 11 is 0. The van der Waals surface area contributed by atoms with E-state index in [1.807, 2.05) is 0 Å². The van der Waals surface area contributed by atoms with E-state index in [1.54, 1.807) is 7.05 Å². The van der Waals surface area contributed by atoms with Crippen LogP contribution in [0.15, 0.2) is 11.2 Å². The first-order chi connectivity index (χ1) is 11.7. The average molecular weight is 487 g/mol. The van der Waals surface area contributed by atoms with Crippen molar-refractivity contribution in [3.63, 3.8) is 0 Å². The zero-order chi connectivity index (χ0) is 18.6. The second-order valence-corrected chi connectivity index (χ2v) is 7.10. The van der Waals surface area contributed by atoms with Crippen LogP contribution in [0.5, 0.6) is 0 Å². The maximum atomic E-state index is 13.0. The second kappa shape index (κ2) is 9.80. The number of nitrogens with one attached hydrogen (secondary N) is 2. The summed E-state index contributed by atoms with van der Waals surface area (Å²) in [6, 6.07) is 0.317. The zero-order valence-corrected chi connectivity index (χ0v) is 18.1. The van der Waals surface area contributed by atoms with Crippen molar-refractivity contribution in [1.29, 1.82) is 0 Å². The molecule has 1 aliphatic rings. The fourth-order valence-electron chi connectivity index (χ4n) is 3.40. The smallest absolute Gasteiger partial charge is 0.354 e. The fraction of sp³-hybridized carbons (Fsp3) is 0.765. The molecule has 1 heterocycles. The zero-order valence-electron chi connectivity index (χ0n) is 15.7. The molecule has 2 N–H and O–H groups in total. The van der Waals surface area contributed by atoms with E-state index in [9.17, 15) is 13.2 Å². The molecular formula is C17H29F3IN5. The van der Waals surface area contributed by atoms with E-state index in [1.165, 1.54) is 30.8 Å². The molecule has 0 amide bonds. The van der Waals surface area contributed by atoms with Gasteiger partial charge in [-0.1, -0.05) is 13.8 Å². The lowest BCUT2D eigenvalue weighted by atomic mass is 9.80. The van der Waals surface area contributed by atoms with E-state index in [-0.39, 0.29) is 36.1 Å². The Kier molecular flexibility index (Phi) is 8.68. The second-order valence-electron chi connectivity index (χ2n) is 7.10. The summed E-state index contributed by atoms with van der Waals surface area (Å²) in [5, 5.41) is 9.83. The Labute approximate surface area is 170 Å². The highest BCUT2D eigenvalue weighted by atomic mass is 127. The van der Waals surface area contributed by atoms with E-state index < -0.39 is 11.9 Å². The topological polar surface area (TPSA) is 54.2 Å². The Bertz CT molecular complexity index is 590. The Balaban J connectivity index is 0.00000338. The predicted octanol–water partition coefficient (Wildman–Crippen LogP) is 3.94. The number of rotatable bonds is 4. The molecule has 0 spiro atoms. The third-order valence-corrected chi connectivity index (χ3v) is 4.90. The van der Waals surface area contributed by atoms with Crippen LogP contribution < -0.4 is 10.6 Å². The van der Waals surface area contributed by atoms with E-state index in [4.69, 9.17) is 0 Å². The summed E-state index contributed by atoms with van der Waals surface area (Å²) in [5.74, 6) is 1.99. The first-order valence-electron chi connectivity index (χ1n) is 8.77. The predicted molar refractivity (Wildman–Crippen MR) is 108 cm³/mol. The maximum absolute atomic E-state index is 13.0. The lowest BCUT2D eigenvalue weighted by molar-refractivity contribution is -0.142. The summed E-state index contributed by atoms with van der Waals surface area (Å²) in [4.78, 5) is 4.14. The van der Waals surface area contributed by atoms with Gasteiger partial charge < -0.3 is 10.6 Å². The van der Waals surface area contributed by atoms with Crippen LogP contribution in [0.2, 0.25) is 0 Å². The molecule has 1 aromatic heterocycles. The van der Waals surface area contributed by atoms with Crippen LogP contribution >= 0.6 is 24.0 Å². The van der Waals surface area contributed by atoms with Crippen molar-refractivity contribution >= 4 is 29.9 Å². The Morgan fingerprint density at radius 3 is 2.42 bits per heavy atom. The lowest BCUT2D eigenvalue weighted by Gasteiger charge is -2.32. The number of hydrogen-bond donors (Lipinski definition) is 2. The molecule has 26 heavy (non-hydrogen) atoms. The average Bonchev–Trinajstić information content (AvgIpc) is 2.93. The molecule has 0 aliphatic heterocycles. The normalized spacial score (nSPS) is 21.5. The van der Waals surface area contributed by atoms with Crippen molar-refractivity contribution in [2.24, 2.45) is 23.9 Å². The molecule has 9 heteroatoms. The van der Waals surface area contributed by atoms with Gasteiger partial charge in [-0.25, -0.2) is 0 Å². The monoisotopic (exact) mass is 487 g/mol. The number of nitrogens with zero attached hydrogens (tertiary/aromatic N) is 3. The molecule has 0 bridgehead atoms. The maximum Gasteiger partial charge on any atom is 0.435 e. The number of aliphatic imine (C=N–C) groups is 1. The highest BCUT2D eigenvalue weighted by molar-refractivity contribution is 14.0. The molecule has 0 saturated heterocycles. The van der Waals surface area contributed by atoms with Gasteiger partial charge in [-0.3, -0.25) is 9.67 Å². The molecule has 1 saturated carbocycles.